The van der Waals surface area contributed by atoms with E-state index in [9.17, 15) is 9.90 Å². The molecule has 1 aromatic heterocycles. The highest BCUT2D eigenvalue weighted by Crippen LogP contribution is 2.29. The smallest absolute Gasteiger partial charge is 0.279 e. The van der Waals surface area contributed by atoms with E-state index in [0.717, 1.165) is 20.3 Å². The SMILES string of the molecule is O=C1N=c2c(Br)cc(Br)cc2=C1c1sc(=S)[nH]c1O. The number of fused-ring (bicyclic) bond motifs is 1. The number of thiazole rings is 1. The fourth-order valence-electron chi connectivity index (χ4n) is 1.85. The Balaban J connectivity index is 2.49. The molecule has 0 spiro atoms. The van der Waals surface area contributed by atoms with E-state index in [0.29, 0.717) is 25.0 Å². The molecule has 4 nitrogen and oxygen atoms in total. The van der Waals surface area contributed by atoms with E-state index in [1.54, 1.807) is 6.07 Å². The second kappa shape index (κ2) is 4.62. The van der Waals surface area contributed by atoms with Crippen molar-refractivity contribution < 1.29 is 9.90 Å². The van der Waals surface area contributed by atoms with Crippen LogP contribution < -0.4 is 10.6 Å². The minimum absolute atomic E-state index is 0.0995. The van der Waals surface area contributed by atoms with E-state index in [1.165, 1.54) is 0 Å². The molecule has 1 aliphatic rings. The molecule has 2 heterocycles. The van der Waals surface area contributed by atoms with Crippen LogP contribution >= 0.6 is 55.4 Å². The van der Waals surface area contributed by atoms with Crippen LogP contribution in [0.2, 0.25) is 0 Å². The maximum Gasteiger partial charge on any atom is 0.279 e. The van der Waals surface area contributed by atoms with Crippen molar-refractivity contribution in [2.75, 3.05) is 0 Å². The molecular weight excluding hydrogens is 416 g/mol. The number of nitrogens with one attached hydrogen (secondary N) is 1. The summed E-state index contributed by atoms with van der Waals surface area (Å²) < 4.78 is 1.95. The number of aromatic nitrogens is 1. The molecule has 0 saturated carbocycles. The van der Waals surface area contributed by atoms with Gasteiger partial charge in [0.2, 0.25) is 5.88 Å². The van der Waals surface area contributed by atoms with Crippen molar-refractivity contribution in [3.8, 4) is 5.88 Å². The average Bonchev–Trinajstić information content (AvgIpc) is 2.78. The zero-order valence-corrected chi connectivity index (χ0v) is 13.8. The molecule has 3 rings (SSSR count). The molecule has 2 aromatic rings. The number of halogens is 2. The highest BCUT2D eigenvalue weighted by Gasteiger charge is 2.24. The largest absolute Gasteiger partial charge is 0.494 e. The molecule has 1 aromatic carbocycles. The number of benzene rings is 1. The van der Waals surface area contributed by atoms with Crippen LogP contribution in [-0.4, -0.2) is 16.0 Å². The Kier molecular flexibility index (Phi) is 3.20. The van der Waals surface area contributed by atoms with Gasteiger partial charge in [-0.05, 0) is 40.3 Å². The highest BCUT2D eigenvalue weighted by atomic mass is 79.9. The van der Waals surface area contributed by atoms with Crippen molar-refractivity contribution in [2.45, 2.75) is 0 Å². The van der Waals surface area contributed by atoms with Gasteiger partial charge in [-0.25, -0.2) is 4.99 Å². The fraction of sp³-hybridized carbons (Fsp3) is 0. The van der Waals surface area contributed by atoms with Crippen molar-refractivity contribution in [3.05, 3.63) is 40.5 Å². The zero-order valence-electron chi connectivity index (χ0n) is 9.03. The van der Waals surface area contributed by atoms with Gasteiger partial charge >= 0.3 is 0 Å². The first-order chi connectivity index (χ1) is 8.97. The molecular formula is C11H4Br2N2O2S2. The summed E-state index contributed by atoms with van der Waals surface area (Å²) in [5.74, 6) is -0.480. The molecule has 8 heteroatoms. The monoisotopic (exact) mass is 418 g/mol. The molecule has 0 unspecified atom stereocenters. The molecule has 0 aliphatic carbocycles. The Morgan fingerprint density at radius 2 is 2.11 bits per heavy atom. The summed E-state index contributed by atoms with van der Waals surface area (Å²) in [5, 5.41) is 11.1. The minimum atomic E-state index is -0.380. The van der Waals surface area contributed by atoms with E-state index < -0.39 is 0 Å². The first-order valence-electron chi connectivity index (χ1n) is 5.02. The topological polar surface area (TPSA) is 65.5 Å². The molecule has 0 radical (unpaired) electrons. The normalized spacial score (nSPS) is 13.6. The summed E-state index contributed by atoms with van der Waals surface area (Å²) >= 11 is 12.9. The Bertz CT molecular complexity index is 898. The van der Waals surface area contributed by atoms with Crippen LogP contribution in [0, 0.1) is 3.95 Å². The predicted molar refractivity (Wildman–Crippen MR) is 81.3 cm³/mol. The number of hydrogen-bond donors (Lipinski definition) is 2. The number of carbonyl (C=O) groups is 1. The van der Waals surface area contributed by atoms with E-state index in [-0.39, 0.29) is 11.8 Å². The van der Waals surface area contributed by atoms with Crippen LogP contribution in [-0.2, 0) is 4.79 Å². The number of carbonyl (C=O) groups excluding carboxylic acids is 1. The zero-order chi connectivity index (χ0) is 13.7. The van der Waals surface area contributed by atoms with E-state index >= 15 is 0 Å². The third-order valence-electron chi connectivity index (χ3n) is 2.58. The molecule has 0 fully saturated rings. The lowest BCUT2D eigenvalue weighted by Gasteiger charge is -1.97. The van der Waals surface area contributed by atoms with Crippen molar-refractivity contribution in [2.24, 2.45) is 4.99 Å². The van der Waals surface area contributed by atoms with Crippen LogP contribution in [0.5, 0.6) is 5.88 Å². The van der Waals surface area contributed by atoms with Gasteiger partial charge in [0.25, 0.3) is 5.91 Å². The second-order valence-corrected chi connectivity index (χ2v) is 7.23. The summed E-state index contributed by atoms with van der Waals surface area (Å²) in [6, 6.07) is 3.61. The second-order valence-electron chi connectivity index (χ2n) is 3.77. The lowest BCUT2D eigenvalue weighted by molar-refractivity contribution is -0.112. The van der Waals surface area contributed by atoms with Crippen LogP contribution in [0.3, 0.4) is 0 Å². The van der Waals surface area contributed by atoms with Crippen LogP contribution in [0.4, 0.5) is 0 Å². The van der Waals surface area contributed by atoms with Crippen molar-refractivity contribution in [1.82, 2.24) is 4.98 Å². The molecule has 19 heavy (non-hydrogen) atoms. The van der Waals surface area contributed by atoms with Gasteiger partial charge < -0.3 is 10.1 Å². The van der Waals surface area contributed by atoms with Gasteiger partial charge in [0.1, 0.15) is 4.88 Å². The molecule has 0 atom stereocenters. The van der Waals surface area contributed by atoms with Gasteiger partial charge in [-0.3, -0.25) is 4.79 Å². The van der Waals surface area contributed by atoms with E-state index in [4.69, 9.17) is 12.2 Å². The van der Waals surface area contributed by atoms with Crippen molar-refractivity contribution >= 4 is 66.9 Å². The minimum Gasteiger partial charge on any atom is -0.494 e. The quantitative estimate of drug-likeness (QED) is 0.697. The number of rotatable bonds is 1. The first-order valence-corrected chi connectivity index (χ1v) is 7.83. The van der Waals surface area contributed by atoms with Gasteiger partial charge in [0, 0.05) is 14.2 Å². The Morgan fingerprint density at radius 3 is 2.74 bits per heavy atom. The molecule has 96 valence electrons. The van der Waals surface area contributed by atoms with Gasteiger partial charge in [-0.1, -0.05) is 15.9 Å². The summed E-state index contributed by atoms with van der Waals surface area (Å²) in [4.78, 5) is 19.1. The van der Waals surface area contributed by atoms with Gasteiger partial charge in [0.05, 0.1) is 10.9 Å². The molecule has 1 aliphatic heterocycles. The van der Waals surface area contributed by atoms with Gasteiger partial charge in [-0.15, -0.1) is 11.3 Å². The molecule has 1 amide bonds. The standard InChI is InChI=1S/C11H4Br2N2O2S2/c12-3-1-4-6(8-10(17)15-11(18)19-8)9(16)14-7(4)5(13)2-3/h1-2,17H,(H,15,18). The lowest BCUT2D eigenvalue weighted by Crippen LogP contribution is -2.24. The van der Waals surface area contributed by atoms with E-state index in [1.807, 2.05) is 6.07 Å². The number of nitrogens with zero attached hydrogens (tertiary/aromatic N) is 1. The Hall–Kier alpha value is -0.830. The average molecular weight is 420 g/mol. The number of aromatic hydroxyl groups is 1. The number of aromatic amines is 1. The van der Waals surface area contributed by atoms with Crippen molar-refractivity contribution in [3.63, 3.8) is 0 Å². The van der Waals surface area contributed by atoms with Crippen LogP contribution in [0.1, 0.15) is 4.88 Å². The number of hydrogen-bond acceptors (Lipinski definition) is 4. The number of amides is 1. The molecule has 0 bridgehead atoms. The summed E-state index contributed by atoms with van der Waals surface area (Å²) in [6.07, 6.45) is 0. The molecule has 0 saturated heterocycles. The van der Waals surface area contributed by atoms with Gasteiger partial charge in [0.15, 0.2) is 3.95 Å². The van der Waals surface area contributed by atoms with E-state index in [2.05, 4.69) is 41.8 Å². The maximum absolute atomic E-state index is 12.1. The van der Waals surface area contributed by atoms with Crippen molar-refractivity contribution in [1.29, 1.82) is 0 Å². The maximum atomic E-state index is 12.1. The summed E-state index contributed by atoms with van der Waals surface area (Å²) in [6.45, 7) is 0. The third-order valence-corrected chi connectivity index (χ3v) is 4.89. The van der Waals surface area contributed by atoms with Gasteiger partial charge in [-0.2, -0.15) is 0 Å². The van der Waals surface area contributed by atoms with Crippen LogP contribution in [0.25, 0.3) is 5.57 Å². The lowest BCUT2D eigenvalue weighted by atomic mass is 10.1. The summed E-state index contributed by atoms with van der Waals surface area (Å²) in [7, 11) is 0. The highest BCUT2D eigenvalue weighted by molar-refractivity contribution is 9.11. The Morgan fingerprint density at radius 1 is 1.37 bits per heavy atom. The first kappa shape index (κ1) is 13.2. The fourth-order valence-corrected chi connectivity index (χ4v) is 4.29. The third kappa shape index (κ3) is 2.12. The number of H-pyrrole nitrogens is 1. The summed E-state index contributed by atoms with van der Waals surface area (Å²) in [5.41, 5.74) is 0.367. The van der Waals surface area contributed by atoms with Crippen LogP contribution in [0.15, 0.2) is 26.1 Å². The Labute approximate surface area is 132 Å². The predicted octanol–water partition coefficient (Wildman–Crippen LogP) is 2.40. The molecule has 2 N–H and O–H groups in total.